The maximum absolute atomic E-state index is 8.04. The Morgan fingerprint density at radius 1 is 1.00 bits per heavy atom. The van der Waals surface area contributed by atoms with Crippen LogP contribution < -0.4 is 0 Å². The molecule has 0 aliphatic carbocycles. The summed E-state index contributed by atoms with van der Waals surface area (Å²) < 4.78 is 0. The zero-order valence-corrected chi connectivity index (χ0v) is 7.31. The van der Waals surface area contributed by atoms with Crippen LogP contribution in [0.25, 0.3) is 0 Å². The lowest BCUT2D eigenvalue weighted by Crippen LogP contribution is -2.11. The largest absolute Gasteiger partial charge is 0.412 e. The molecule has 0 saturated heterocycles. The van der Waals surface area contributed by atoms with Crippen LogP contribution in [0, 0.1) is 11.3 Å². The van der Waals surface area contributed by atoms with Gasteiger partial charge in [-0.2, -0.15) is 5.26 Å². The molecule has 0 aliphatic heterocycles. The summed E-state index contributed by atoms with van der Waals surface area (Å²) in [5, 5.41) is 8.04. The standard InChI is InChI=1S/C5H10N2.5H2O/c1-7(2)5-3-4-6;;;;;/h3,5H2,1-2H3;5*1H2. The van der Waals surface area contributed by atoms with Crippen molar-refractivity contribution in [1.82, 2.24) is 4.90 Å². The first-order chi connectivity index (χ1) is 3.27. The van der Waals surface area contributed by atoms with Crippen LogP contribution in [0.1, 0.15) is 6.42 Å². The fourth-order valence-corrected chi connectivity index (χ4v) is 0.274. The molecule has 7 heteroatoms. The first-order valence-electron chi connectivity index (χ1n) is 2.29. The number of hydrogen-bond donors (Lipinski definition) is 0. The maximum Gasteiger partial charge on any atom is 0.0635 e. The van der Waals surface area contributed by atoms with Crippen LogP contribution in [0.3, 0.4) is 0 Å². The minimum atomic E-state index is 0. The Morgan fingerprint density at radius 2 is 1.33 bits per heavy atom. The molecule has 7 nitrogen and oxygen atoms in total. The zero-order valence-electron chi connectivity index (χ0n) is 7.31. The van der Waals surface area contributed by atoms with Crippen LogP contribution in [-0.4, -0.2) is 52.9 Å². The van der Waals surface area contributed by atoms with Gasteiger partial charge >= 0.3 is 0 Å². The lowest BCUT2D eigenvalue weighted by molar-refractivity contribution is 0.419. The van der Waals surface area contributed by atoms with Crippen molar-refractivity contribution in [2.75, 3.05) is 20.6 Å². The summed E-state index contributed by atoms with van der Waals surface area (Å²) in [6.07, 6.45) is 0.632. The van der Waals surface area contributed by atoms with Crippen molar-refractivity contribution in [3.05, 3.63) is 0 Å². The number of rotatable bonds is 2. The van der Waals surface area contributed by atoms with Gasteiger partial charge in [0.2, 0.25) is 0 Å². The van der Waals surface area contributed by atoms with E-state index in [1.807, 2.05) is 19.0 Å². The SMILES string of the molecule is CN(C)CCC#N.O.O.O.O.O. The van der Waals surface area contributed by atoms with Gasteiger partial charge in [0.15, 0.2) is 0 Å². The quantitative estimate of drug-likeness (QED) is 0.432. The number of nitriles is 1. The second-order valence-corrected chi connectivity index (χ2v) is 1.71. The molecule has 0 unspecified atom stereocenters. The van der Waals surface area contributed by atoms with E-state index in [0.717, 1.165) is 6.54 Å². The van der Waals surface area contributed by atoms with Gasteiger partial charge in [-0.1, -0.05) is 0 Å². The second kappa shape index (κ2) is 31.8. The summed E-state index contributed by atoms with van der Waals surface area (Å²) in [6, 6.07) is 2.06. The first kappa shape index (κ1) is 42.9. The van der Waals surface area contributed by atoms with E-state index in [4.69, 9.17) is 5.26 Å². The lowest BCUT2D eigenvalue weighted by Gasteiger charge is -2.02. The van der Waals surface area contributed by atoms with Crippen LogP contribution in [0.5, 0.6) is 0 Å². The van der Waals surface area contributed by atoms with Crippen molar-refractivity contribution in [2.24, 2.45) is 0 Å². The van der Waals surface area contributed by atoms with Gasteiger partial charge in [0.1, 0.15) is 0 Å². The highest BCUT2D eigenvalue weighted by Gasteiger charge is 1.83. The molecule has 10 N–H and O–H groups in total. The normalized spacial score (nSPS) is 5.17. The van der Waals surface area contributed by atoms with Crippen LogP contribution in [0.2, 0.25) is 0 Å². The Morgan fingerprint density at radius 3 is 1.42 bits per heavy atom. The van der Waals surface area contributed by atoms with Gasteiger partial charge in [-0.15, -0.1) is 0 Å². The van der Waals surface area contributed by atoms with E-state index in [1.54, 1.807) is 0 Å². The summed E-state index contributed by atoms with van der Waals surface area (Å²) >= 11 is 0. The van der Waals surface area contributed by atoms with Crippen LogP contribution >= 0.6 is 0 Å². The third kappa shape index (κ3) is 59.6. The summed E-state index contributed by atoms with van der Waals surface area (Å²) in [4.78, 5) is 1.99. The maximum atomic E-state index is 8.04. The Hall–Kier alpha value is -0.750. The van der Waals surface area contributed by atoms with E-state index in [1.165, 1.54) is 0 Å². The molecule has 0 amide bonds. The molecule has 0 heterocycles. The van der Waals surface area contributed by atoms with Crippen LogP contribution in [0.15, 0.2) is 0 Å². The highest BCUT2D eigenvalue weighted by molar-refractivity contribution is 4.69. The summed E-state index contributed by atoms with van der Waals surface area (Å²) in [6.45, 7) is 0.872. The minimum Gasteiger partial charge on any atom is -0.412 e. The van der Waals surface area contributed by atoms with Gasteiger partial charge in [0.25, 0.3) is 0 Å². The Balaban J connectivity index is -0.0000000180. The molecule has 0 radical (unpaired) electrons. The van der Waals surface area contributed by atoms with Gasteiger partial charge in [-0.25, -0.2) is 0 Å². The van der Waals surface area contributed by atoms with Crippen molar-refractivity contribution in [3.63, 3.8) is 0 Å². The average molecular weight is 188 g/mol. The topological polar surface area (TPSA) is 185 Å². The summed E-state index contributed by atoms with van der Waals surface area (Å²) in [5.74, 6) is 0. The van der Waals surface area contributed by atoms with Gasteiger partial charge in [-0.05, 0) is 14.1 Å². The minimum absolute atomic E-state index is 0. The zero-order chi connectivity index (χ0) is 5.70. The summed E-state index contributed by atoms with van der Waals surface area (Å²) in [7, 11) is 3.91. The Kier molecular flexibility index (Phi) is 114. The molecule has 0 atom stereocenters. The third-order valence-electron chi connectivity index (χ3n) is 0.671. The predicted octanol–water partition coefficient (Wildman–Crippen LogP) is -3.66. The van der Waals surface area contributed by atoms with Crippen LogP contribution in [-0.2, 0) is 0 Å². The van der Waals surface area contributed by atoms with Crippen molar-refractivity contribution < 1.29 is 27.4 Å². The van der Waals surface area contributed by atoms with Crippen molar-refractivity contribution in [1.29, 1.82) is 5.26 Å². The van der Waals surface area contributed by atoms with E-state index in [0.29, 0.717) is 6.42 Å². The molecule has 12 heavy (non-hydrogen) atoms. The van der Waals surface area contributed by atoms with Crippen molar-refractivity contribution in [3.8, 4) is 6.07 Å². The van der Waals surface area contributed by atoms with Crippen molar-refractivity contribution in [2.45, 2.75) is 6.42 Å². The Labute approximate surface area is 71.8 Å². The van der Waals surface area contributed by atoms with Crippen molar-refractivity contribution >= 4 is 0 Å². The van der Waals surface area contributed by atoms with Gasteiger partial charge in [-0.3, -0.25) is 0 Å². The van der Waals surface area contributed by atoms with Gasteiger partial charge in [0, 0.05) is 13.0 Å². The van der Waals surface area contributed by atoms with Gasteiger partial charge < -0.3 is 32.3 Å². The summed E-state index contributed by atoms with van der Waals surface area (Å²) in [5.41, 5.74) is 0. The predicted molar refractivity (Wildman–Crippen MR) is 46.9 cm³/mol. The second-order valence-electron chi connectivity index (χ2n) is 1.71. The highest BCUT2D eigenvalue weighted by Crippen LogP contribution is 1.76. The fraction of sp³-hybridized carbons (Fsp3) is 0.800. The van der Waals surface area contributed by atoms with E-state index < -0.39 is 0 Å². The highest BCUT2D eigenvalue weighted by atomic mass is 16.0. The molecule has 0 aromatic carbocycles. The molecule has 0 saturated carbocycles. The third-order valence-corrected chi connectivity index (χ3v) is 0.671. The molecule has 0 aliphatic rings. The average Bonchev–Trinajstić information content (AvgIpc) is 1.61. The van der Waals surface area contributed by atoms with Crippen LogP contribution in [0.4, 0.5) is 0 Å². The van der Waals surface area contributed by atoms with E-state index in [-0.39, 0.29) is 27.4 Å². The molecule has 0 aromatic heterocycles. The van der Waals surface area contributed by atoms with E-state index >= 15 is 0 Å². The molecular formula is C5H20N2O5. The number of hydrogen-bond acceptors (Lipinski definition) is 2. The fourth-order valence-electron chi connectivity index (χ4n) is 0.274. The Bertz CT molecular complexity index is 82.4. The number of nitrogens with zero attached hydrogens (tertiary/aromatic N) is 2. The van der Waals surface area contributed by atoms with Gasteiger partial charge in [0.05, 0.1) is 6.07 Å². The van der Waals surface area contributed by atoms with E-state index in [9.17, 15) is 0 Å². The first-order valence-corrected chi connectivity index (χ1v) is 2.29. The smallest absolute Gasteiger partial charge is 0.0635 e. The molecule has 0 spiro atoms. The molecule has 80 valence electrons. The molecule has 0 fully saturated rings. The molecule has 0 rings (SSSR count). The molecular weight excluding hydrogens is 168 g/mol. The monoisotopic (exact) mass is 188 g/mol. The molecule has 0 aromatic rings. The van der Waals surface area contributed by atoms with E-state index in [2.05, 4.69) is 6.07 Å². The lowest BCUT2D eigenvalue weighted by atomic mass is 10.4. The molecule has 0 bridgehead atoms.